The van der Waals surface area contributed by atoms with Gasteiger partial charge in [0.15, 0.2) is 6.04 Å². The van der Waals surface area contributed by atoms with Gasteiger partial charge in [-0.3, -0.25) is 0 Å². The number of benzene rings is 2. The first-order valence-electron chi connectivity index (χ1n) is 9.25. The number of nitrogens with one attached hydrogen (secondary N) is 1. The molecule has 1 atom stereocenters. The minimum atomic E-state index is -1.17. The third-order valence-electron chi connectivity index (χ3n) is 4.51. The van der Waals surface area contributed by atoms with Crippen LogP contribution in [0, 0.1) is 0 Å². The van der Waals surface area contributed by atoms with Crippen LogP contribution in [0.2, 0.25) is 0 Å². The van der Waals surface area contributed by atoms with Crippen LogP contribution in [-0.2, 0) is 14.3 Å². The molecule has 0 aromatic heterocycles. The van der Waals surface area contributed by atoms with Crippen molar-refractivity contribution in [1.29, 1.82) is 0 Å². The van der Waals surface area contributed by atoms with Gasteiger partial charge >= 0.3 is 12.1 Å². The van der Waals surface area contributed by atoms with E-state index in [1.165, 1.54) is 0 Å². The molecule has 3 rings (SSSR count). The largest absolute Gasteiger partial charge is 0.458 e. The lowest BCUT2D eigenvalue weighted by Crippen LogP contribution is -2.46. The number of carbonyl (C=O) groups excluding carboxylic acids is 2. The fourth-order valence-electron chi connectivity index (χ4n) is 3.33. The maximum Gasteiger partial charge on any atom is 0.407 e. The monoisotopic (exact) mass is 384 g/mol. The Hall–Kier alpha value is -2.86. The van der Waals surface area contributed by atoms with Gasteiger partial charge in [-0.2, -0.15) is 0 Å². The molecule has 2 N–H and O–H groups in total. The Bertz CT molecular complexity index is 826. The molecule has 1 amide bonds. The Kier molecular flexibility index (Phi) is 5.70. The summed E-state index contributed by atoms with van der Waals surface area (Å²) in [5.74, 6) is -0.782. The van der Waals surface area contributed by atoms with E-state index >= 15 is 0 Å². The van der Waals surface area contributed by atoms with Crippen LogP contribution in [0.25, 0.3) is 11.1 Å². The van der Waals surface area contributed by atoms with Gasteiger partial charge in [0.05, 0.1) is 6.61 Å². The highest BCUT2D eigenvalue weighted by Gasteiger charge is 2.30. The number of esters is 1. The third-order valence-corrected chi connectivity index (χ3v) is 4.51. The molecule has 0 heterocycles. The number of alkyl carbamates (subject to hydrolysis) is 1. The van der Waals surface area contributed by atoms with Crippen LogP contribution in [0.1, 0.15) is 37.8 Å². The van der Waals surface area contributed by atoms with E-state index in [9.17, 15) is 14.7 Å². The molecular formula is C22H25NO5. The highest BCUT2D eigenvalue weighted by Crippen LogP contribution is 2.44. The quantitative estimate of drug-likeness (QED) is 0.611. The zero-order valence-electron chi connectivity index (χ0n) is 16.3. The maximum absolute atomic E-state index is 12.2. The lowest BCUT2D eigenvalue weighted by Gasteiger charge is -2.23. The summed E-state index contributed by atoms with van der Waals surface area (Å²) in [7, 11) is 0. The summed E-state index contributed by atoms with van der Waals surface area (Å²) in [5.41, 5.74) is 3.75. The van der Waals surface area contributed by atoms with Crippen LogP contribution < -0.4 is 5.32 Å². The number of carbonyl (C=O) groups is 2. The molecule has 148 valence electrons. The SMILES string of the molecule is CC(C)(C)OC(=O)[C@H](CO)[15NH]C(=O)OCC1c2ccccc2-c2ccccc21. The van der Waals surface area contributed by atoms with Gasteiger partial charge in [-0.15, -0.1) is 0 Å². The van der Waals surface area contributed by atoms with Crippen LogP contribution in [0.3, 0.4) is 0 Å². The number of hydrogen-bond acceptors (Lipinski definition) is 5. The van der Waals surface area contributed by atoms with Gasteiger partial charge in [-0.25, -0.2) is 9.59 Å². The van der Waals surface area contributed by atoms with E-state index in [-0.39, 0.29) is 12.5 Å². The summed E-state index contributed by atoms with van der Waals surface area (Å²) in [6, 6.07) is 14.9. The average molecular weight is 384 g/mol. The number of aliphatic hydroxyl groups is 1. The summed E-state index contributed by atoms with van der Waals surface area (Å²) >= 11 is 0. The van der Waals surface area contributed by atoms with Crippen LogP contribution in [0.4, 0.5) is 4.79 Å². The van der Waals surface area contributed by atoms with Crippen molar-refractivity contribution >= 4 is 12.1 Å². The molecule has 0 radical (unpaired) electrons. The van der Waals surface area contributed by atoms with Crippen LogP contribution in [0.15, 0.2) is 48.5 Å². The van der Waals surface area contributed by atoms with Gasteiger partial charge < -0.3 is 19.9 Å². The highest BCUT2D eigenvalue weighted by molar-refractivity contribution is 5.82. The van der Waals surface area contributed by atoms with Gasteiger partial charge in [-0.05, 0) is 43.0 Å². The predicted octanol–water partition coefficient (Wildman–Crippen LogP) is 3.23. The van der Waals surface area contributed by atoms with Gasteiger partial charge in [0.25, 0.3) is 0 Å². The number of hydrogen-bond donors (Lipinski definition) is 2. The summed E-state index contributed by atoms with van der Waals surface area (Å²) in [5, 5.41) is 11.8. The molecule has 0 fully saturated rings. The normalized spacial score (nSPS) is 14.0. The first-order valence-corrected chi connectivity index (χ1v) is 9.25. The van der Waals surface area contributed by atoms with Crippen molar-refractivity contribution in [3.63, 3.8) is 0 Å². The Labute approximate surface area is 164 Å². The van der Waals surface area contributed by atoms with Gasteiger partial charge in [0.1, 0.15) is 12.2 Å². The molecule has 0 unspecified atom stereocenters. The first-order chi connectivity index (χ1) is 13.3. The van der Waals surface area contributed by atoms with Gasteiger partial charge in [0.2, 0.25) is 0 Å². The van der Waals surface area contributed by atoms with E-state index in [0.29, 0.717) is 0 Å². The van der Waals surface area contributed by atoms with Gasteiger partial charge in [0, 0.05) is 5.92 Å². The Morgan fingerprint density at radius 1 is 1.04 bits per heavy atom. The average Bonchev–Trinajstić information content (AvgIpc) is 2.97. The zero-order chi connectivity index (χ0) is 20.3. The lowest BCUT2D eigenvalue weighted by molar-refractivity contribution is -0.158. The van der Waals surface area contributed by atoms with Crippen LogP contribution in [-0.4, -0.2) is 42.0 Å². The third kappa shape index (κ3) is 4.34. The Morgan fingerprint density at radius 2 is 1.57 bits per heavy atom. The molecule has 6 heteroatoms. The van der Waals surface area contributed by atoms with E-state index in [1.54, 1.807) is 20.8 Å². The topological polar surface area (TPSA) is 84.9 Å². The van der Waals surface area contributed by atoms with Crippen molar-refractivity contribution < 1.29 is 24.2 Å². The number of amides is 1. The van der Waals surface area contributed by atoms with Crippen LogP contribution in [0.5, 0.6) is 0 Å². The highest BCUT2D eigenvalue weighted by atomic mass is 16.6. The van der Waals surface area contributed by atoms with Crippen molar-refractivity contribution in [1.82, 2.24) is 5.32 Å². The second-order valence-corrected chi connectivity index (χ2v) is 7.74. The molecule has 0 bridgehead atoms. The summed E-state index contributed by atoms with van der Waals surface area (Å²) in [4.78, 5) is 24.3. The number of rotatable bonds is 5. The molecule has 1 aliphatic rings. The fraction of sp³-hybridized carbons (Fsp3) is 0.364. The van der Waals surface area contributed by atoms with E-state index in [1.807, 2.05) is 36.4 Å². The molecule has 6 nitrogen and oxygen atoms in total. The lowest BCUT2D eigenvalue weighted by atomic mass is 9.98. The van der Waals surface area contributed by atoms with Crippen LogP contribution >= 0.6 is 0 Å². The summed E-state index contributed by atoms with van der Waals surface area (Å²) < 4.78 is 10.6. The van der Waals surface area contributed by atoms with Crippen molar-refractivity contribution in [2.45, 2.75) is 38.3 Å². The molecular weight excluding hydrogens is 359 g/mol. The number of fused-ring (bicyclic) bond motifs is 3. The Balaban J connectivity index is 1.65. The standard InChI is InChI=1S/C22H25NO5/c1-22(2,3)28-20(25)19(12-24)23-21(26)27-13-18-16-10-6-4-8-14(16)15-9-5-7-11-17(15)18/h4-11,18-19,24H,12-13H2,1-3H3,(H,23,26)/t19-/m0/s1/i23+1. The van der Waals surface area contributed by atoms with Crippen molar-refractivity contribution in [3.8, 4) is 11.1 Å². The van der Waals surface area contributed by atoms with E-state index < -0.39 is 30.3 Å². The summed E-state index contributed by atoms with van der Waals surface area (Å²) in [6.45, 7) is 4.71. The molecule has 0 saturated carbocycles. The number of aliphatic hydroxyl groups excluding tert-OH is 1. The molecule has 0 spiro atoms. The Morgan fingerprint density at radius 3 is 2.07 bits per heavy atom. The minimum absolute atomic E-state index is 0.0766. The van der Waals surface area contributed by atoms with E-state index in [0.717, 1.165) is 22.3 Å². The van der Waals surface area contributed by atoms with E-state index in [4.69, 9.17) is 9.47 Å². The zero-order valence-corrected chi connectivity index (χ0v) is 16.3. The maximum atomic E-state index is 12.2. The molecule has 0 saturated heterocycles. The van der Waals surface area contributed by atoms with Gasteiger partial charge in [-0.1, -0.05) is 48.5 Å². The van der Waals surface area contributed by atoms with Crippen molar-refractivity contribution in [3.05, 3.63) is 59.7 Å². The molecule has 0 aliphatic heterocycles. The summed E-state index contributed by atoms with van der Waals surface area (Å²) in [6.07, 6.45) is -0.772. The first kappa shape index (κ1) is 19.9. The second kappa shape index (κ2) is 8.02. The molecule has 2 aromatic carbocycles. The van der Waals surface area contributed by atoms with Crippen molar-refractivity contribution in [2.24, 2.45) is 0 Å². The van der Waals surface area contributed by atoms with E-state index in [2.05, 4.69) is 17.4 Å². The second-order valence-electron chi connectivity index (χ2n) is 7.74. The number of ether oxygens (including phenoxy) is 2. The molecule has 28 heavy (non-hydrogen) atoms. The molecule has 2 aromatic rings. The smallest absolute Gasteiger partial charge is 0.407 e. The minimum Gasteiger partial charge on any atom is -0.458 e. The fourth-order valence-corrected chi connectivity index (χ4v) is 3.33. The van der Waals surface area contributed by atoms with Crippen molar-refractivity contribution in [2.75, 3.05) is 13.2 Å². The molecule has 1 aliphatic carbocycles. The predicted molar refractivity (Wildman–Crippen MR) is 105 cm³/mol.